The molecule has 1 heterocycles. The van der Waals surface area contributed by atoms with Gasteiger partial charge in [-0.25, -0.2) is 0 Å². The Kier molecular flexibility index (Phi) is 3.55. The Hall–Kier alpha value is -1.02. The van der Waals surface area contributed by atoms with E-state index in [1.807, 2.05) is 6.07 Å². The first-order chi connectivity index (χ1) is 8.83. The van der Waals surface area contributed by atoms with Crippen molar-refractivity contribution in [3.63, 3.8) is 0 Å². The first-order valence-corrected chi connectivity index (χ1v) is 7.41. The summed E-state index contributed by atoms with van der Waals surface area (Å²) >= 11 is 0. The summed E-state index contributed by atoms with van der Waals surface area (Å²) < 4.78 is 0. The third-order valence-corrected chi connectivity index (χ3v) is 4.62. The van der Waals surface area contributed by atoms with Crippen molar-refractivity contribution in [2.45, 2.75) is 45.1 Å². The van der Waals surface area contributed by atoms with Gasteiger partial charge in [-0.15, -0.1) is 0 Å². The highest BCUT2D eigenvalue weighted by Gasteiger charge is 2.21. The SMILES string of the molecule is Nc1cccc2c1CCN(CC1CCCCC1)C2. The lowest BCUT2D eigenvalue weighted by Crippen LogP contribution is -2.35. The lowest BCUT2D eigenvalue weighted by molar-refractivity contribution is 0.187. The number of hydrogen-bond donors (Lipinski definition) is 1. The van der Waals surface area contributed by atoms with Gasteiger partial charge in [-0.2, -0.15) is 0 Å². The minimum atomic E-state index is 0.946. The van der Waals surface area contributed by atoms with E-state index in [4.69, 9.17) is 5.73 Å². The van der Waals surface area contributed by atoms with Crippen LogP contribution in [0, 0.1) is 5.92 Å². The van der Waals surface area contributed by atoms with E-state index in [1.165, 1.54) is 56.3 Å². The molecular weight excluding hydrogens is 220 g/mol. The second-order valence-electron chi connectivity index (χ2n) is 5.97. The van der Waals surface area contributed by atoms with Crippen LogP contribution in [-0.4, -0.2) is 18.0 Å². The fraction of sp³-hybridized carbons (Fsp3) is 0.625. The predicted molar refractivity (Wildman–Crippen MR) is 76.4 cm³/mol. The summed E-state index contributed by atoms with van der Waals surface area (Å²) in [4.78, 5) is 2.64. The molecule has 18 heavy (non-hydrogen) atoms. The van der Waals surface area contributed by atoms with Crippen LogP contribution in [0.5, 0.6) is 0 Å². The molecule has 0 atom stereocenters. The van der Waals surface area contributed by atoms with Crippen LogP contribution >= 0.6 is 0 Å². The molecule has 2 N–H and O–H groups in total. The predicted octanol–water partition coefficient (Wildman–Crippen LogP) is 3.21. The lowest BCUT2D eigenvalue weighted by atomic mass is 9.88. The van der Waals surface area contributed by atoms with E-state index in [0.717, 1.165) is 24.6 Å². The molecule has 0 amide bonds. The molecule has 0 saturated heterocycles. The van der Waals surface area contributed by atoms with Gasteiger partial charge < -0.3 is 5.73 Å². The van der Waals surface area contributed by atoms with Gasteiger partial charge >= 0.3 is 0 Å². The van der Waals surface area contributed by atoms with E-state index in [9.17, 15) is 0 Å². The standard InChI is InChI=1S/C16H24N2/c17-16-8-4-7-14-12-18(10-9-15(14)16)11-13-5-2-1-3-6-13/h4,7-8,13H,1-3,5-6,9-12,17H2. The number of nitrogen functional groups attached to an aromatic ring is 1. The molecule has 2 aliphatic rings. The summed E-state index contributed by atoms with van der Waals surface area (Å²) in [7, 11) is 0. The van der Waals surface area contributed by atoms with Crippen LogP contribution in [0.2, 0.25) is 0 Å². The number of nitrogens with zero attached hydrogens (tertiary/aromatic N) is 1. The molecule has 0 aromatic heterocycles. The highest BCUT2D eigenvalue weighted by atomic mass is 15.1. The van der Waals surface area contributed by atoms with Crippen molar-refractivity contribution in [1.82, 2.24) is 4.90 Å². The zero-order valence-corrected chi connectivity index (χ0v) is 11.2. The fourth-order valence-corrected chi connectivity index (χ4v) is 3.59. The van der Waals surface area contributed by atoms with Gasteiger partial charge in [0.25, 0.3) is 0 Å². The van der Waals surface area contributed by atoms with E-state index in [1.54, 1.807) is 0 Å². The molecule has 3 rings (SSSR count). The molecule has 0 spiro atoms. The number of fused-ring (bicyclic) bond motifs is 1. The zero-order valence-electron chi connectivity index (χ0n) is 11.2. The van der Waals surface area contributed by atoms with Crippen molar-refractivity contribution >= 4 is 5.69 Å². The fourth-order valence-electron chi connectivity index (χ4n) is 3.59. The Balaban J connectivity index is 1.64. The van der Waals surface area contributed by atoms with Gasteiger partial charge in [0, 0.05) is 25.3 Å². The summed E-state index contributed by atoms with van der Waals surface area (Å²) in [6.45, 7) is 3.60. The molecule has 1 aliphatic carbocycles. The van der Waals surface area contributed by atoms with Crippen molar-refractivity contribution in [1.29, 1.82) is 0 Å². The maximum atomic E-state index is 6.05. The quantitative estimate of drug-likeness (QED) is 0.809. The van der Waals surface area contributed by atoms with Gasteiger partial charge in [0.05, 0.1) is 0 Å². The summed E-state index contributed by atoms with van der Waals surface area (Å²) in [5.41, 5.74) is 9.90. The third-order valence-electron chi connectivity index (χ3n) is 4.62. The first-order valence-electron chi connectivity index (χ1n) is 7.41. The van der Waals surface area contributed by atoms with Crippen LogP contribution in [0.4, 0.5) is 5.69 Å². The average Bonchev–Trinajstić information content (AvgIpc) is 2.40. The van der Waals surface area contributed by atoms with Gasteiger partial charge in [-0.3, -0.25) is 4.90 Å². The highest BCUT2D eigenvalue weighted by molar-refractivity contribution is 5.51. The molecule has 1 fully saturated rings. The Morgan fingerprint density at radius 3 is 2.83 bits per heavy atom. The maximum Gasteiger partial charge on any atom is 0.0350 e. The van der Waals surface area contributed by atoms with Crippen molar-refractivity contribution < 1.29 is 0 Å². The lowest BCUT2D eigenvalue weighted by Gasteiger charge is -2.33. The number of hydrogen-bond acceptors (Lipinski definition) is 2. The summed E-state index contributed by atoms with van der Waals surface area (Å²) in [6, 6.07) is 6.38. The molecule has 0 radical (unpaired) electrons. The van der Waals surface area contributed by atoms with Gasteiger partial charge in [0.2, 0.25) is 0 Å². The van der Waals surface area contributed by atoms with Crippen LogP contribution in [0.15, 0.2) is 18.2 Å². The Labute approximate surface area is 110 Å². The molecule has 98 valence electrons. The largest absolute Gasteiger partial charge is 0.398 e. The molecule has 1 aromatic rings. The zero-order chi connectivity index (χ0) is 12.4. The molecular formula is C16H24N2. The topological polar surface area (TPSA) is 29.3 Å². The third kappa shape index (κ3) is 2.54. The molecule has 1 aliphatic heterocycles. The van der Waals surface area contributed by atoms with E-state index >= 15 is 0 Å². The molecule has 2 heteroatoms. The molecule has 1 saturated carbocycles. The van der Waals surface area contributed by atoms with Gasteiger partial charge in [-0.05, 0) is 42.4 Å². The normalized spacial score (nSPS) is 21.8. The summed E-state index contributed by atoms with van der Waals surface area (Å²) in [5.74, 6) is 0.946. The molecule has 0 bridgehead atoms. The van der Waals surface area contributed by atoms with Crippen LogP contribution < -0.4 is 5.73 Å². The minimum absolute atomic E-state index is 0.946. The monoisotopic (exact) mass is 244 g/mol. The second-order valence-corrected chi connectivity index (χ2v) is 5.97. The van der Waals surface area contributed by atoms with Crippen LogP contribution in [0.1, 0.15) is 43.2 Å². The molecule has 2 nitrogen and oxygen atoms in total. The number of rotatable bonds is 2. The van der Waals surface area contributed by atoms with Crippen LogP contribution in [0.25, 0.3) is 0 Å². The van der Waals surface area contributed by atoms with Crippen molar-refractivity contribution in [3.8, 4) is 0 Å². The average molecular weight is 244 g/mol. The Bertz CT molecular complexity index is 408. The van der Waals surface area contributed by atoms with E-state index < -0.39 is 0 Å². The maximum absolute atomic E-state index is 6.05. The Morgan fingerprint density at radius 2 is 2.00 bits per heavy atom. The number of benzene rings is 1. The smallest absolute Gasteiger partial charge is 0.0350 e. The number of anilines is 1. The van der Waals surface area contributed by atoms with Gasteiger partial charge in [-0.1, -0.05) is 31.4 Å². The van der Waals surface area contributed by atoms with Crippen molar-refractivity contribution in [3.05, 3.63) is 29.3 Å². The molecule has 0 unspecified atom stereocenters. The van der Waals surface area contributed by atoms with Crippen LogP contribution in [0.3, 0.4) is 0 Å². The second kappa shape index (κ2) is 5.31. The van der Waals surface area contributed by atoms with Crippen molar-refractivity contribution in [2.75, 3.05) is 18.8 Å². The minimum Gasteiger partial charge on any atom is -0.398 e. The summed E-state index contributed by atoms with van der Waals surface area (Å²) in [6.07, 6.45) is 8.37. The van der Waals surface area contributed by atoms with Gasteiger partial charge in [0.1, 0.15) is 0 Å². The molecule has 1 aromatic carbocycles. The van der Waals surface area contributed by atoms with E-state index in [2.05, 4.69) is 17.0 Å². The van der Waals surface area contributed by atoms with Crippen molar-refractivity contribution in [2.24, 2.45) is 5.92 Å². The number of nitrogens with two attached hydrogens (primary N) is 1. The first kappa shape index (κ1) is 12.0. The Morgan fingerprint density at radius 1 is 1.17 bits per heavy atom. The van der Waals surface area contributed by atoms with Crippen LogP contribution in [-0.2, 0) is 13.0 Å². The van der Waals surface area contributed by atoms with E-state index in [-0.39, 0.29) is 0 Å². The van der Waals surface area contributed by atoms with E-state index in [0.29, 0.717) is 0 Å². The van der Waals surface area contributed by atoms with Gasteiger partial charge in [0.15, 0.2) is 0 Å². The summed E-state index contributed by atoms with van der Waals surface area (Å²) in [5, 5.41) is 0. The highest BCUT2D eigenvalue weighted by Crippen LogP contribution is 2.28.